The lowest BCUT2D eigenvalue weighted by molar-refractivity contribution is -0.00627. The minimum absolute atomic E-state index is 0.0749. The molecule has 0 amide bonds. The van der Waals surface area contributed by atoms with Gasteiger partial charge in [0.1, 0.15) is 0 Å². The molecule has 0 saturated heterocycles. The van der Waals surface area contributed by atoms with Gasteiger partial charge in [-0.1, -0.05) is 20.8 Å². The van der Waals surface area contributed by atoms with Crippen LogP contribution in [0.3, 0.4) is 0 Å². The molecule has 5 aliphatic rings. The van der Waals surface area contributed by atoms with E-state index in [0.717, 1.165) is 28.9 Å². The fraction of sp³-hybridized carbons (Fsp3) is 0.667. The van der Waals surface area contributed by atoms with Crippen LogP contribution in [0.25, 0.3) is 0 Å². The van der Waals surface area contributed by atoms with Gasteiger partial charge in [0.25, 0.3) is 0 Å². The summed E-state index contributed by atoms with van der Waals surface area (Å²) in [6.07, 6.45) is 7.95. The lowest BCUT2D eigenvalue weighted by Crippen LogP contribution is -2.50. The molecule has 1 aromatic rings. The highest BCUT2D eigenvalue weighted by Gasteiger charge is 2.54. The normalized spacial score (nSPS) is 34.2. The highest BCUT2D eigenvalue weighted by molar-refractivity contribution is 6.16. The maximum absolute atomic E-state index is 12.5. The Hall–Kier alpha value is -1.64. The van der Waals surface area contributed by atoms with Crippen LogP contribution in [0.2, 0.25) is 0 Å². The summed E-state index contributed by atoms with van der Waals surface area (Å²) in [4.78, 5) is 25.0. The van der Waals surface area contributed by atoms with Crippen molar-refractivity contribution in [3.63, 3.8) is 0 Å². The van der Waals surface area contributed by atoms with Crippen LogP contribution in [0.5, 0.6) is 0 Å². The molecule has 0 aromatic heterocycles. The van der Waals surface area contributed by atoms with Crippen LogP contribution < -0.4 is 0 Å². The Morgan fingerprint density at radius 1 is 0.815 bits per heavy atom. The first-order valence-corrected chi connectivity index (χ1v) is 10.6. The topological polar surface area (TPSA) is 43.4 Å². The second kappa shape index (κ2) is 5.24. The number of carbonyl (C=O) groups is 2. The van der Waals surface area contributed by atoms with Crippen molar-refractivity contribution in [3.8, 4) is 0 Å². The molecule has 3 heteroatoms. The van der Waals surface area contributed by atoms with Gasteiger partial charge in [0.15, 0.2) is 0 Å². The number of hydrogen-bond donors (Lipinski definition) is 0. The van der Waals surface area contributed by atoms with Gasteiger partial charge < -0.3 is 4.74 Å². The third-order valence-corrected chi connectivity index (χ3v) is 7.91. The van der Waals surface area contributed by atoms with Gasteiger partial charge in [-0.15, -0.1) is 0 Å². The van der Waals surface area contributed by atoms with E-state index in [1.807, 2.05) is 6.92 Å². The van der Waals surface area contributed by atoms with E-state index in [9.17, 15) is 9.59 Å². The number of carbonyl (C=O) groups excluding carboxylic acids is 2. The predicted molar refractivity (Wildman–Crippen MR) is 104 cm³/mol. The van der Waals surface area contributed by atoms with Crippen molar-refractivity contribution < 1.29 is 14.3 Å². The molecule has 144 valence electrons. The largest absolute Gasteiger partial charge is 0.386 e. The van der Waals surface area contributed by atoms with Crippen LogP contribution in [0.1, 0.15) is 102 Å². The Morgan fingerprint density at radius 2 is 1.26 bits per heavy atom. The Balaban J connectivity index is 1.83. The smallest absolute Gasteiger partial charge is 0.347 e. The van der Waals surface area contributed by atoms with Crippen LogP contribution in [-0.2, 0) is 15.6 Å². The molecule has 1 aliphatic heterocycles. The standard InChI is InChI=1S/C24H30O3/c1-12-17-18(22(26)27-21(17)25)13(2)20(19(12)23(3,4)5)24-9-14-6-15(10-24)8-16(7-14)11-24/h14-16H,6-11H2,1-5H3. The summed E-state index contributed by atoms with van der Waals surface area (Å²) in [6.45, 7) is 10.8. The van der Waals surface area contributed by atoms with Crippen molar-refractivity contribution in [1.29, 1.82) is 0 Å². The average Bonchev–Trinajstić information content (AvgIpc) is 2.83. The zero-order valence-electron chi connectivity index (χ0n) is 17.2. The molecule has 4 saturated carbocycles. The molecule has 0 atom stereocenters. The molecule has 4 aliphatic carbocycles. The molecule has 3 nitrogen and oxygen atoms in total. The van der Waals surface area contributed by atoms with Gasteiger partial charge in [0, 0.05) is 0 Å². The summed E-state index contributed by atoms with van der Waals surface area (Å²) in [5.74, 6) is 1.61. The minimum Gasteiger partial charge on any atom is -0.386 e. The summed E-state index contributed by atoms with van der Waals surface area (Å²) in [5, 5.41) is 0. The molecular formula is C24H30O3. The van der Waals surface area contributed by atoms with E-state index in [1.165, 1.54) is 49.7 Å². The molecule has 0 radical (unpaired) electrons. The van der Waals surface area contributed by atoms with Crippen LogP contribution in [-0.4, -0.2) is 11.9 Å². The Morgan fingerprint density at radius 3 is 1.70 bits per heavy atom. The van der Waals surface area contributed by atoms with Crippen molar-refractivity contribution in [2.24, 2.45) is 17.8 Å². The van der Waals surface area contributed by atoms with Gasteiger partial charge in [0.2, 0.25) is 0 Å². The van der Waals surface area contributed by atoms with E-state index in [1.54, 1.807) is 0 Å². The summed E-state index contributed by atoms with van der Waals surface area (Å²) in [5.41, 5.74) is 5.89. The first kappa shape index (κ1) is 17.5. The fourth-order valence-corrected chi connectivity index (χ4v) is 7.71. The molecule has 6 rings (SSSR count). The number of hydrogen-bond acceptors (Lipinski definition) is 3. The first-order chi connectivity index (χ1) is 12.6. The summed E-state index contributed by atoms with van der Waals surface area (Å²) in [7, 11) is 0. The van der Waals surface area contributed by atoms with Crippen molar-refractivity contribution >= 4 is 11.9 Å². The fourth-order valence-electron chi connectivity index (χ4n) is 7.71. The van der Waals surface area contributed by atoms with E-state index in [0.29, 0.717) is 11.1 Å². The van der Waals surface area contributed by atoms with E-state index in [2.05, 4.69) is 27.7 Å². The number of cyclic esters (lactones) is 2. The van der Waals surface area contributed by atoms with Gasteiger partial charge in [-0.25, -0.2) is 9.59 Å². The van der Waals surface area contributed by atoms with Crippen molar-refractivity contribution in [2.45, 2.75) is 84.0 Å². The molecule has 4 fully saturated rings. The van der Waals surface area contributed by atoms with Crippen LogP contribution in [0.4, 0.5) is 0 Å². The third-order valence-electron chi connectivity index (χ3n) is 7.91. The second-order valence-electron chi connectivity index (χ2n) is 10.9. The molecular weight excluding hydrogens is 336 g/mol. The predicted octanol–water partition coefficient (Wildman–Crippen LogP) is 5.38. The number of rotatable bonds is 1. The van der Waals surface area contributed by atoms with Crippen molar-refractivity contribution in [3.05, 3.63) is 33.4 Å². The molecule has 0 spiro atoms. The van der Waals surface area contributed by atoms with Crippen molar-refractivity contribution in [2.75, 3.05) is 0 Å². The summed E-state index contributed by atoms with van der Waals surface area (Å²) in [6, 6.07) is 0. The van der Waals surface area contributed by atoms with Gasteiger partial charge in [-0.2, -0.15) is 0 Å². The maximum atomic E-state index is 12.5. The number of ether oxygens (including phenoxy) is 1. The highest BCUT2D eigenvalue weighted by atomic mass is 16.6. The highest BCUT2D eigenvalue weighted by Crippen LogP contribution is 2.62. The molecule has 0 N–H and O–H groups in total. The Labute approximate surface area is 161 Å². The Bertz CT molecular complexity index is 849. The van der Waals surface area contributed by atoms with Gasteiger partial charge in [-0.05, 0) is 103 Å². The van der Waals surface area contributed by atoms with E-state index in [-0.39, 0.29) is 10.8 Å². The molecule has 1 heterocycles. The first-order valence-electron chi connectivity index (χ1n) is 10.6. The third kappa shape index (κ3) is 2.26. The minimum atomic E-state index is -0.460. The number of esters is 2. The van der Waals surface area contributed by atoms with Crippen LogP contribution in [0, 0.1) is 31.6 Å². The Kier molecular flexibility index (Phi) is 3.39. The molecule has 0 unspecified atom stereocenters. The second-order valence-corrected chi connectivity index (χ2v) is 10.9. The van der Waals surface area contributed by atoms with Gasteiger partial charge in [-0.3, -0.25) is 0 Å². The molecule has 27 heavy (non-hydrogen) atoms. The number of fused-ring (bicyclic) bond motifs is 1. The zero-order chi connectivity index (χ0) is 19.3. The van der Waals surface area contributed by atoms with Crippen LogP contribution in [0.15, 0.2) is 0 Å². The monoisotopic (exact) mass is 366 g/mol. The summed E-state index contributed by atoms with van der Waals surface area (Å²) < 4.78 is 5.06. The SMILES string of the molecule is Cc1c2c(c(C)c(C34CC5CC(CC(C5)C3)C4)c1C(C)(C)C)C(=O)OC2=O. The van der Waals surface area contributed by atoms with E-state index >= 15 is 0 Å². The molecule has 4 bridgehead atoms. The van der Waals surface area contributed by atoms with E-state index < -0.39 is 11.9 Å². The van der Waals surface area contributed by atoms with E-state index in [4.69, 9.17) is 4.74 Å². The lowest BCUT2D eigenvalue weighted by atomic mass is 9.46. The van der Waals surface area contributed by atoms with Gasteiger partial charge in [0.05, 0.1) is 11.1 Å². The van der Waals surface area contributed by atoms with Crippen LogP contribution >= 0.6 is 0 Å². The van der Waals surface area contributed by atoms with Crippen molar-refractivity contribution in [1.82, 2.24) is 0 Å². The average molecular weight is 367 g/mol. The molecule has 1 aromatic carbocycles. The maximum Gasteiger partial charge on any atom is 0.347 e. The summed E-state index contributed by atoms with van der Waals surface area (Å²) >= 11 is 0. The van der Waals surface area contributed by atoms with Gasteiger partial charge >= 0.3 is 11.9 Å². The quantitative estimate of drug-likeness (QED) is 0.495. The lowest BCUT2D eigenvalue weighted by Gasteiger charge is -2.58. The zero-order valence-corrected chi connectivity index (χ0v) is 17.2. The number of benzene rings is 1.